The number of benzene rings is 4. The molecule has 2 N–H and O–H groups in total. The summed E-state index contributed by atoms with van der Waals surface area (Å²) in [6.07, 6.45) is -1.53. The number of amides is 1. The highest BCUT2D eigenvalue weighted by molar-refractivity contribution is 5.95. The number of nitrogens with zero attached hydrogens (tertiary/aromatic N) is 1. The van der Waals surface area contributed by atoms with Gasteiger partial charge in [-0.15, -0.1) is 0 Å². The highest BCUT2D eigenvalue weighted by Crippen LogP contribution is 2.34. The van der Waals surface area contributed by atoms with E-state index in [-0.39, 0.29) is 43.1 Å². The number of halogens is 1. The van der Waals surface area contributed by atoms with Gasteiger partial charge in [0.05, 0.1) is 0 Å². The first-order chi connectivity index (χ1) is 18.4. The second kappa shape index (κ2) is 10.5. The van der Waals surface area contributed by atoms with Crippen molar-refractivity contribution in [3.8, 4) is 34.1 Å². The summed E-state index contributed by atoms with van der Waals surface area (Å²) in [6, 6.07) is 22.8. The molecule has 1 aliphatic rings. The Morgan fingerprint density at radius 3 is 2.13 bits per heavy atom. The fourth-order valence-electron chi connectivity index (χ4n) is 4.11. The van der Waals surface area contributed by atoms with Crippen LogP contribution in [0.4, 0.5) is 9.18 Å². The molecule has 1 amide bonds. The van der Waals surface area contributed by atoms with Gasteiger partial charge in [0.1, 0.15) is 5.82 Å². The third kappa shape index (κ3) is 5.52. The molecule has 0 bridgehead atoms. The van der Waals surface area contributed by atoms with Crippen molar-refractivity contribution in [2.45, 2.75) is 13.1 Å². The standard InChI is InChI=1S/C29H22FNO7/c30-23-9-3-19(4-10-23)16-31(28(33)22-8-12-25-27(14-22)37-17-36-25)15-18-1-5-20(6-2-18)21-7-11-24(32)26(13-21)38-29(34)35/h1-14,32H,15-17H2,(H,34,35). The summed E-state index contributed by atoms with van der Waals surface area (Å²) in [4.78, 5) is 26.1. The first kappa shape index (κ1) is 24.6. The molecular weight excluding hydrogens is 493 g/mol. The van der Waals surface area contributed by atoms with Crippen LogP contribution < -0.4 is 14.2 Å². The van der Waals surface area contributed by atoms with Gasteiger partial charge in [-0.3, -0.25) is 4.79 Å². The molecule has 192 valence electrons. The maximum Gasteiger partial charge on any atom is 0.511 e. The lowest BCUT2D eigenvalue weighted by Gasteiger charge is -2.23. The van der Waals surface area contributed by atoms with Crippen molar-refractivity contribution in [2.24, 2.45) is 0 Å². The van der Waals surface area contributed by atoms with Crippen LogP contribution in [-0.4, -0.2) is 34.0 Å². The Balaban J connectivity index is 1.39. The molecule has 0 aromatic heterocycles. The zero-order valence-corrected chi connectivity index (χ0v) is 20.0. The summed E-state index contributed by atoms with van der Waals surface area (Å²) in [6.45, 7) is 0.626. The maximum absolute atomic E-state index is 13.5. The van der Waals surface area contributed by atoms with Crippen molar-refractivity contribution in [1.29, 1.82) is 0 Å². The fraction of sp³-hybridized carbons (Fsp3) is 0.103. The average molecular weight is 515 g/mol. The number of rotatable bonds is 7. The summed E-state index contributed by atoms with van der Waals surface area (Å²) in [5.41, 5.74) is 3.45. The minimum absolute atomic E-state index is 0.101. The van der Waals surface area contributed by atoms with E-state index in [9.17, 15) is 19.1 Å². The van der Waals surface area contributed by atoms with Gasteiger partial charge < -0.3 is 29.3 Å². The van der Waals surface area contributed by atoms with E-state index in [2.05, 4.69) is 4.74 Å². The number of fused-ring (bicyclic) bond motifs is 1. The van der Waals surface area contributed by atoms with Crippen LogP contribution in [0.5, 0.6) is 23.0 Å². The van der Waals surface area contributed by atoms with E-state index >= 15 is 0 Å². The van der Waals surface area contributed by atoms with E-state index < -0.39 is 6.16 Å². The molecule has 8 nitrogen and oxygen atoms in total. The quantitative estimate of drug-likeness (QED) is 0.236. The normalized spacial score (nSPS) is 11.7. The maximum atomic E-state index is 13.5. The number of aromatic hydroxyl groups is 1. The van der Waals surface area contributed by atoms with Gasteiger partial charge in [-0.25, -0.2) is 9.18 Å². The second-order valence-electron chi connectivity index (χ2n) is 8.60. The van der Waals surface area contributed by atoms with Gasteiger partial charge in [0.2, 0.25) is 6.79 Å². The van der Waals surface area contributed by atoms with E-state index in [4.69, 9.17) is 14.6 Å². The van der Waals surface area contributed by atoms with Crippen LogP contribution in [0, 0.1) is 5.82 Å². The minimum Gasteiger partial charge on any atom is -0.504 e. The average Bonchev–Trinajstić information content (AvgIpc) is 3.39. The van der Waals surface area contributed by atoms with Gasteiger partial charge in [0, 0.05) is 18.7 Å². The molecule has 38 heavy (non-hydrogen) atoms. The molecule has 0 atom stereocenters. The van der Waals surface area contributed by atoms with Crippen LogP contribution in [0.25, 0.3) is 11.1 Å². The molecule has 4 aromatic carbocycles. The van der Waals surface area contributed by atoms with Crippen molar-refractivity contribution in [1.82, 2.24) is 4.90 Å². The summed E-state index contributed by atoms with van der Waals surface area (Å²) < 4.78 is 28.8. The van der Waals surface area contributed by atoms with Crippen LogP contribution in [0.1, 0.15) is 21.5 Å². The fourth-order valence-corrected chi connectivity index (χ4v) is 4.11. The third-order valence-electron chi connectivity index (χ3n) is 6.01. The van der Waals surface area contributed by atoms with Crippen LogP contribution >= 0.6 is 0 Å². The van der Waals surface area contributed by atoms with Crippen molar-refractivity contribution in [3.05, 3.63) is 107 Å². The molecule has 1 aliphatic heterocycles. The molecule has 4 aromatic rings. The first-order valence-electron chi connectivity index (χ1n) is 11.6. The Labute approximate surface area is 217 Å². The number of carbonyl (C=O) groups excluding carboxylic acids is 1. The number of ether oxygens (including phenoxy) is 3. The molecule has 0 fully saturated rings. The Hall–Kier alpha value is -5.05. The summed E-state index contributed by atoms with van der Waals surface area (Å²) >= 11 is 0. The SMILES string of the molecule is O=C(O)Oc1cc(-c2ccc(CN(Cc3ccc(F)cc3)C(=O)c3ccc4c(c3)OCO4)cc2)ccc1O. The number of hydrogen-bond acceptors (Lipinski definition) is 6. The molecule has 0 aliphatic carbocycles. The van der Waals surface area contributed by atoms with E-state index in [0.29, 0.717) is 22.6 Å². The minimum atomic E-state index is -1.53. The number of carbonyl (C=O) groups is 2. The van der Waals surface area contributed by atoms with Gasteiger partial charge in [0.25, 0.3) is 5.91 Å². The molecule has 0 spiro atoms. The van der Waals surface area contributed by atoms with Crippen LogP contribution in [-0.2, 0) is 13.1 Å². The van der Waals surface area contributed by atoms with Gasteiger partial charge in [0.15, 0.2) is 23.0 Å². The third-order valence-corrected chi connectivity index (χ3v) is 6.01. The molecule has 0 saturated heterocycles. The van der Waals surface area contributed by atoms with E-state index in [1.807, 2.05) is 24.3 Å². The molecule has 0 unspecified atom stereocenters. The van der Waals surface area contributed by atoms with Crippen molar-refractivity contribution < 1.29 is 38.4 Å². The zero-order chi connectivity index (χ0) is 26.6. The van der Waals surface area contributed by atoms with Gasteiger partial charge in [-0.1, -0.05) is 42.5 Å². The Bertz CT molecular complexity index is 1490. The highest BCUT2D eigenvalue weighted by atomic mass is 19.1. The van der Waals surface area contributed by atoms with E-state index in [1.54, 1.807) is 41.3 Å². The molecule has 0 radical (unpaired) electrons. The predicted molar refractivity (Wildman–Crippen MR) is 135 cm³/mol. The van der Waals surface area contributed by atoms with E-state index in [0.717, 1.165) is 16.7 Å². The molecule has 9 heteroatoms. The molecule has 0 saturated carbocycles. The number of carboxylic acid groups (broad SMARTS) is 1. The van der Waals surface area contributed by atoms with Gasteiger partial charge >= 0.3 is 6.16 Å². The second-order valence-corrected chi connectivity index (χ2v) is 8.60. The smallest absolute Gasteiger partial charge is 0.504 e. The molecule has 1 heterocycles. The van der Waals surface area contributed by atoms with Gasteiger partial charge in [-0.05, 0) is 64.7 Å². The number of phenolic OH excluding ortho intramolecular Hbond substituents is 1. The Morgan fingerprint density at radius 1 is 0.816 bits per heavy atom. The predicted octanol–water partition coefficient (Wildman–Crippen LogP) is 5.83. The number of phenols is 1. The Kier molecular flexibility index (Phi) is 6.82. The summed E-state index contributed by atoms with van der Waals surface area (Å²) in [5, 5.41) is 18.7. The molecule has 5 rings (SSSR count). The summed E-state index contributed by atoms with van der Waals surface area (Å²) in [5.74, 6) is 0.0374. The van der Waals surface area contributed by atoms with Gasteiger partial charge in [-0.2, -0.15) is 0 Å². The zero-order valence-electron chi connectivity index (χ0n) is 20.0. The van der Waals surface area contributed by atoms with Crippen molar-refractivity contribution >= 4 is 12.1 Å². The number of hydrogen-bond donors (Lipinski definition) is 2. The lowest BCUT2D eigenvalue weighted by molar-refractivity contribution is 0.0729. The largest absolute Gasteiger partial charge is 0.511 e. The first-order valence-corrected chi connectivity index (χ1v) is 11.6. The van der Waals surface area contributed by atoms with Crippen molar-refractivity contribution in [3.63, 3.8) is 0 Å². The van der Waals surface area contributed by atoms with Crippen LogP contribution in [0.3, 0.4) is 0 Å². The van der Waals surface area contributed by atoms with Crippen LogP contribution in [0.15, 0.2) is 84.9 Å². The monoisotopic (exact) mass is 515 g/mol. The van der Waals surface area contributed by atoms with Crippen LogP contribution in [0.2, 0.25) is 0 Å². The van der Waals surface area contributed by atoms with Crippen molar-refractivity contribution in [2.75, 3.05) is 6.79 Å². The summed E-state index contributed by atoms with van der Waals surface area (Å²) in [7, 11) is 0. The topological polar surface area (TPSA) is 106 Å². The van der Waals surface area contributed by atoms with E-state index in [1.165, 1.54) is 24.3 Å². The lowest BCUT2D eigenvalue weighted by atomic mass is 10.0. The lowest BCUT2D eigenvalue weighted by Crippen LogP contribution is -2.30. The Morgan fingerprint density at radius 2 is 1.45 bits per heavy atom. The molecular formula is C29H22FNO7. The highest BCUT2D eigenvalue weighted by Gasteiger charge is 2.21.